The van der Waals surface area contributed by atoms with Gasteiger partial charge in [0.15, 0.2) is 5.01 Å². The quantitative estimate of drug-likeness (QED) is 0.674. The number of aromatic nitrogens is 4. The van der Waals surface area contributed by atoms with Crippen LogP contribution in [0.3, 0.4) is 0 Å². The maximum atomic E-state index is 12.7. The number of phenols is 2. The van der Waals surface area contributed by atoms with Gasteiger partial charge in [-0.05, 0) is 18.2 Å². The number of benzene rings is 1. The van der Waals surface area contributed by atoms with Crippen LogP contribution in [-0.4, -0.2) is 30.0 Å². The summed E-state index contributed by atoms with van der Waals surface area (Å²) >= 11 is 0.817. The topological polar surface area (TPSA) is 83.5 Å². The first-order valence-corrected chi connectivity index (χ1v) is 5.99. The normalized spacial score (nSPS) is 12.2. The van der Waals surface area contributed by atoms with E-state index in [0.717, 1.165) is 11.3 Å². The second-order valence-corrected chi connectivity index (χ2v) is 4.78. The standard InChI is InChI=1S/C10H5F3N4O2S/c11-10(12,13)8-14-15-9-17(8)16-7(20-9)5-3-4(18)1-2-6(5)19/h1-3,18-19H. The summed E-state index contributed by atoms with van der Waals surface area (Å²) in [5.74, 6) is -1.59. The van der Waals surface area contributed by atoms with Crippen LogP contribution in [0.5, 0.6) is 11.5 Å². The summed E-state index contributed by atoms with van der Waals surface area (Å²) < 4.78 is 38.5. The summed E-state index contributed by atoms with van der Waals surface area (Å²) in [6, 6.07) is 3.67. The molecule has 20 heavy (non-hydrogen) atoms. The summed E-state index contributed by atoms with van der Waals surface area (Å²) in [6.45, 7) is 0. The first-order valence-electron chi connectivity index (χ1n) is 5.18. The van der Waals surface area contributed by atoms with Gasteiger partial charge >= 0.3 is 6.18 Å². The third kappa shape index (κ3) is 1.93. The van der Waals surface area contributed by atoms with Crippen LogP contribution < -0.4 is 0 Å². The molecule has 0 aliphatic heterocycles. The van der Waals surface area contributed by atoms with E-state index >= 15 is 0 Å². The molecule has 0 spiro atoms. The summed E-state index contributed by atoms with van der Waals surface area (Å²) in [5.41, 5.74) is 0.119. The van der Waals surface area contributed by atoms with Gasteiger partial charge in [-0.25, -0.2) is 0 Å². The van der Waals surface area contributed by atoms with Gasteiger partial charge in [0.25, 0.3) is 5.82 Å². The van der Waals surface area contributed by atoms with Crippen molar-refractivity contribution in [3.8, 4) is 22.1 Å². The molecule has 0 bridgehead atoms. The number of alkyl halides is 3. The van der Waals surface area contributed by atoms with E-state index in [1.165, 1.54) is 18.2 Å². The zero-order valence-electron chi connectivity index (χ0n) is 9.46. The molecule has 0 aliphatic carbocycles. The number of phenolic OH excluding ortho intramolecular Hbond substituents is 2. The Bertz CT molecular complexity index is 795. The molecule has 0 atom stereocenters. The molecule has 0 fully saturated rings. The van der Waals surface area contributed by atoms with Gasteiger partial charge in [0, 0.05) is 0 Å². The van der Waals surface area contributed by atoms with Gasteiger partial charge in [0.1, 0.15) is 11.5 Å². The van der Waals surface area contributed by atoms with Crippen LogP contribution in [-0.2, 0) is 6.18 Å². The molecule has 0 saturated carbocycles. The molecule has 104 valence electrons. The van der Waals surface area contributed by atoms with Crippen LogP contribution >= 0.6 is 11.3 Å². The van der Waals surface area contributed by atoms with Crippen LogP contribution in [0.15, 0.2) is 18.2 Å². The molecule has 3 rings (SSSR count). The molecular formula is C10H5F3N4O2S. The minimum Gasteiger partial charge on any atom is -0.508 e. The molecule has 1 aromatic carbocycles. The minimum atomic E-state index is -4.67. The first-order chi connectivity index (χ1) is 9.36. The Labute approximate surface area is 112 Å². The van der Waals surface area contributed by atoms with Crippen LogP contribution in [0, 0.1) is 0 Å². The Hall–Kier alpha value is -2.36. The first kappa shape index (κ1) is 12.7. The van der Waals surface area contributed by atoms with Crippen molar-refractivity contribution >= 4 is 16.3 Å². The second-order valence-electron chi connectivity index (χ2n) is 3.82. The molecule has 2 N–H and O–H groups in total. The summed E-state index contributed by atoms with van der Waals surface area (Å²) in [5, 5.41) is 29.3. The zero-order valence-corrected chi connectivity index (χ0v) is 10.3. The fourth-order valence-corrected chi connectivity index (χ4v) is 2.46. The average molecular weight is 302 g/mol. The Morgan fingerprint density at radius 3 is 2.60 bits per heavy atom. The van der Waals surface area contributed by atoms with E-state index in [4.69, 9.17) is 0 Å². The molecule has 3 aromatic rings. The highest BCUT2D eigenvalue weighted by Crippen LogP contribution is 2.36. The number of rotatable bonds is 1. The minimum absolute atomic E-state index is 0.0601. The van der Waals surface area contributed by atoms with Crippen molar-refractivity contribution in [2.75, 3.05) is 0 Å². The Balaban J connectivity index is 2.19. The number of hydrogen-bond donors (Lipinski definition) is 2. The largest absolute Gasteiger partial charge is 0.508 e. The highest BCUT2D eigenvalue weighted by atomic mass is 32.1. The molecule has 6 nitrogen and oxygen atoms in total. The Morgan fingerprint density at radius 1 is 1.15 bits per heavy atom. The molecular weight excluding hydrogens is 297 g/mol. The van der Waals surface area contributed by atoms with Gasteiger partial charge in [-0.3, -0.25) is 0 Å². The zero-order chi connectivity index (χ0) is 14.5. The van der Waals surface area contributed by atoms with Crippen LogP contribution in [0.2, 0.25) is 0 Å². The molecule has 2 heterocycles. The van der Waals surface area contributed by atoms with E-state index in [1.54, 1.807) is 0 Å². The van der Waals surface area contributed by atoms with Crippen molar-refractivity contribution < 1.29 is 23.4 Å². The lowest BCUT2D eigenvalue weighted by Crippen LogP contribution is -2.11. The lowest BCUT2D eigenvalue weighted by atomic mass is 10.2. The van der Waals surface area contributed by atoms with E-state index in [1.807, 2.05) is 0 Å². The number of fused-ring (bicyclic) bond motifs is 1. The highest BCUT2D eigenvalue weighted by molar-refractivity contribution is 7.19. The maximum Gasteiger partial charge on any atom is 0.453 e. The summed E-state index contributed by atoms with van der Waals surface area (Å²) in [6.07, 6.45) is -4.67. The lowest BCUT2D eigenvalue weighted by Gasteiger charge is -2.02. The Morgan fingerprint density at radius 2 is 1.90 bits per heavy atom. The smallest absolute Gasteiger partial charge is 0.453 e. The Kier molecular flexibility index (Phi) is 2.57. The van der Waals surface area contributed by atoms with Crippen LogP contribution in [0.4, 0.5) is 13.2 Å². The van der Waals surface area contributed by atoms with Gasteiger partial charge in [-0.1, -0.05) is 11.3 Å². The molecule has 0 saturated heterocycles. The lowest BCUT2D eigenvalue weighted by molar-refractivity contribution is -0.146. The van der Waals surface area contributed by atoms with Gasteiger partial charge in [0.2, 0.25) is 4.96 Å². The molecule has 10 heteroatoms. The number of nitrogens with zero attached hydrogens (tertiary/aromatic N) is 4. The third-order valence-corrected chi connectivity index (χ3v) is 3.39. The molecule has 0 radical (unpaired) electrons. The van der Waals surface area contributed by atoms with E-state index in [9.17, 15) is 23.4 Å². The van der Waals surface area contributed by atoms with Gasteiger partial charge in [-0.2, -0.15) is 22.8 Å². The van der Waals surface area contributed by atoms with Crippen molar-refractivity contribution in [2.45, 2.75) is 6.18 Å². The van der Waals surface area contributed by atoms with Crippen molar-refractivity contribution in [1.29, 1.82) is 0 Å². The van der Waals surface area contributed by atoms with Gasteiger partial charge in [-0.15, -0.1) is 10.2 Å². The fraction of sp³-hybridized carbons (Fsp3) is 0.100. The number of halogens is 3. The van der Waals surface area contributed by atoms with Crippen molar-refractivity contribution in [2.24, 2.45) is 0 Å². The molecule has 0 amide bonds. The summed E-state index contributed by atoms with van der Waals surface area (Å²) in [4.78, 5) is -0.0601. The SMILES string of the molecule is Oc1ccc(O)c(-c2nn3c(C(F)(F)F)nnc3s2)c1. The number of aromatic hydroxyl groups is 2. The molecule has 0 unspecified atom stereocenters. The predicted molar refractivity (Wildman–Crippen MR) is 62.4 cm³/mol. The van der Waals surface area contributed by atoms with E-state index in [-0.39, 0.29) is 27.0 Å². The van der Waals surface area contributed by atoms with Gasteiger partial charge in [0.05, 0.1) is 5.56 Å². The predicted octanol–water partition coefficient (Wildman–Crippen LogP) is 2.28. The van der Waals surface area contributed by atoms with Crippen molar-refractivity contribution in [3.63, 3.8) is 0 Å². The molecule has 2 aromatic heterocycles. The van der Waals surface area contributed by atoms with Crippen LogP contribution in [0.25, 0.3) is 15.5 Å². The number of hydrogen-bond acceptors (Lipinski definition) is 6. The maximum absolute atomic E-state index is 12.7. The van der Waals surface area contributed by atoms with Crippen molar-refractivity contribution in [3.05, 3.63) is 24.0 Å². The average Bonchev–Trinajstić information content (AvgIpc) is 2.89. The molecule has 0 aliphatic rings. The fourth-order valence-electron chi connectivity index (χ4n) is 1.60. The second kappa shape index (κ2) is 4.07. The van der Waals surface area contributed by atoms with Crippen LogP contribution in [0.1, 0.15) is 5.82 Å². The highest BCUT2D eigenvalue weighted by Gasteiger charge is 2.38. The monoisotopic (exact) mass is 302 g/mol. The summed E-state index contributed by atoms with van der Waals surface area (Å²) in [7, 11) is 0. The van der Waals surface area contributed by atoms with E-state index in [2.05, 4.69) is 15.3 Å². The van der Waals surface area contributed by atoms with Gasteiger partial charge < -0.3 is 10.2 Å². The third-order valence-electron chi connectivity index (χ3n) is 2.45. The van der Waals surface area contributed by atoms with E-state index < -0.39 is 12.0 Å². The van der Waals surface area contributed by atoms with Crippen molar-refractivity contribution in [1.82, 2.24) is 19.8 Å². The van der Waals surface area contributed by atoms with E-state index in [0.29, 0.717) is 4.52 Å².